The maximum absolute atomic E-state index is 6.15. The second-order valence-electron chi connectivity index (χ2n) is 6.23. The van der Waals surface area contributed by atoms with Crippen LogP contribution in [0.2, 0.25) is 0 Å². The lowest BCUT2D eigenvalue weighted by Gasteiger charge is -2.31. The quantitative estimate of drug-likeness (QED) is 0.699. The summed E-state index contributed by atoms with van der Waals surface area (Å²) >= 11 is 0. The zero-order valence-electron chi connectivity index (χ0n) is 13.5. The van der Waals surface area contributed by atoms with Gasteiger partial charge in [0.25, 0.3) is 0 Å². The number of hydrogen-bond acceptors (Lipinski definition) is 2. The molecule has 1 unspecified atom stereocenters. The van der Waals surface area contributed by atoms with E-state index in [9.17, 15) is 0 Å². The van der Waals surface area contributed by atoms with E-state index >= 15 is 0 Å². The maximum atomic E-state index is 6.15. The predicted octanol–water partition coefficient (Wildman–Crippen LogP) is 2.39. The molecule has 1 aliphatic rings. The number of nitrogens with two attached hydrogens (primary N) is 1. The molecule has 1 fully saturated rings. The van der Waals surface area contributed by atoms with Crippen LogP contribution < -0.4 is 5.73 Å². The highest BCUT2D eigenvalue weighted by Crippen LogP contribution is 2.16. The monoisotopic (exact) mass is 299 g/mol. The van der Waals surface area contributed by atoms with E-state index < -0.39 is 0 Å². The molecule has 1 aromatic heterocycles. The molecule has 0 bridgehead atoms. The van der Waals surface area contributed by atoms with Crippen LogP contribution in [0.4, 0.5) is 0 Å². The second kappa shape index (κ2) is 6.38. The van der Waals surface area contributed by atoms with Crippen LogP contribution in [-0.2, 0) is 6.54 Å². The molecule has 5 nitrogen and oxygen atoms in total. The molecule has 1 atom stereocenters. The number of nitrogens with zero attached hydrogens (tertiary/aromatic N) is 4. The molecule has 0 amide bonds. The molecule has 0 saturated carbocycles. The van der Waals surface area contributed by atoms with Crippen LogP contribution in [0.3, 0.4) is 0 Å². The van der Waals surface area contributed by atoms with E-state index in [2.05, 4.69) is 32.4 Å². The zero-order valence-corrected chi connectivity index (χ0v) is 13.5. The minimum Gasteiger partial charge on any atom is -0.370 e. The minimum absolute atomic E-state index is 0.689. The number of piperidine rings is 1. The Morgan fingerprint density at radius 2 is 2.23 bits per heavy atom. The molecular formula is C17H25N5. The summed E-state index contributed by atoms with van der Waals surface area (Å²) in [6.07, 6.45) is 2.51. The molecule has 22 heavy (non-hydrogen) atoms. The smallest absolute Gasteiger partial charge is 0.191 e. The molecule has 0 radical (unpaired) electrons. The average Bonchev–Trinajstić information content (AvgIpc) is 2.83. The van der Waals surface area contributed by atoms with Crippen molar-refractivity contribution in [3.63, 3.8) is 0 Å². The van der Waals surface area contributed by atoms with Crippen LogP contribution >= 0.6 is 0 Å². The summed E-state index contributed by atoms with van der Waals surface area (Å²) in [4.78, 5) is 11.4. The Labute approximate surface area is 131 Å². The number of fused-ring (bicyclic) bond motifs is 1. The van der Waals surface area contributed by atoms with E-state index in [1.807, 2.05) is 25.1 Å². The molecule has 1 saturated heterocycles. The molecular weight excluding hydrogens is 274 g/mol. The number of aryl methyl sites for hydroxylation is 1. The average molecular weight is 299 g/mol. The van der Waals surface area contributed by atoms with E-state index in [4.69, 9.17) is 5.73 Å². The molecule has 118 valence electrons. The van der Waals surface area contributed by atoms with Crippen molar-refractivity contribution in [3.8, 4) is 0 Å². The van der Waals surface area contributed by atoms with Crippen molar-refractivity contribution in [3.05, 3.63) is 30.1 Å². The fraction of sp³-hybridized carbons (Fsp3) is 0.529. The number of aromatic nitrogens is 2. The Balaban J connectivity index is 1.66. The van der Waals surface area contributed by atoms with Gasteiger partial charge >= 0.3 is 0 Å². The summed E-state index contributed by atoms with van der Waals surface area (Å²) in [6, 6.07) is 8.22. The number of benzene rings is 1. The highest BCUT2D eigenvalue weighted by molar-refractivity contribution is 5.78. The van der Waals surface area contributed by atoms with Gasteiger partial charge in [0.15, 0.2) is 5.96 Å². The third kappa shape index (κ3) is 3.08. The van der Waals surface area contributed by atoms with Gasteiger partial charge in [0, 0.05) is 19.6 Å². The first-order chi connectivity index (χ1) is 10.6. The number of para-hydroxylation sites is 2. The Bertz CT molecular complexity index is 673. The maximum Gasteiger partial charge on any atom is 0.191 e. The van der Waals surface area contributed by atoms with Gasteiger partial charge in [-0.15, -0.1) is 0 Å². The van der Waals surface area contributed by atoms with Crippen LogP contribution in [0.1, 0.15) is 25.6 Å². The number of rotatable bonds is 3. The first-order valence-corrected chi connectivity index (χ1v) is 8.12. The van der Waals surface area contributed by atoms with Gasteiger partial charge in [-0.05, 0) is 37.8 Å². The minimum atomic E-state index is 0.689. The summed E-state index contributed by atoms with van der Waals surface area (Å²) in [5, 5.41) is 0. The molecule has 1 aromatic carbocycles. The second-order valence-corrected chi connectivity index (χ2v) is 6.23. The van der Waals surface area contributed by atoms with E-state index in [1.54, 1.807) is 0 Å². The van der Waals surface area contributed by atoms with Gasteiger partial charge in [-0.3, -0.25) is 4.99 Å². The molecule has 2 heterocycles. The standard InChI is InChI=1S/C17H25N5/c1-13-6-5-10-21(12-13)17(18)19-9-11-22-14(2)20-15-7-3-4-8-16(15)22/h3-4,7-8,13H,5-6,9-12H2,1-2H3,(H2,18,19). The lowest BCUT2D eigenvalue weighted by Crippen LogP contribution is -2.43. The molecule has 0 aliphatic carbocycles. The number of likely N-dealkylation sites (tertiary alicyclic amines) is 1. The Morgan fingerprint density at radius 3 is 3.05 bits per heavy atom. The number of guanidine groups is 1. The highest BCUT2D eigenvalue weighted by Gasteiger charge is 2.17. The van der Waals surface area contributed by atoms with Crippen LogP contribution in [0, 0.1) is 12.8 Å². The van der Waals surface area contributed by atoms with Crippen LogP contribution in [-0.4, -0.2) is 40.0 Å². The van der Waals surface area contributed by atoms with Gasteiger partial charge in [0.05, 0.1) is 17.6 Å². The third-order valence-electron chi connectivity index (χ3n) is 4.42. The van der Waals surface area contributed by atoms with E-state index in [-0.39, 0.29) is 0 Å². The van der Waals surface area contributed by atoms with Gasteiger partial charge < -0.3 is 15.2 Å². The molecule has 1 aliphatic heterocycles. The van der Waals surface area contributed by atoms with Crippen molar-refractivity contribution in [2.45, 2.75) is 33.2 Å². The zero-order chi connectivity index (χ0) is 15.5. The highest BCUT2D eigenvalue weighted by atomic mass is 15.3. The number of imidazole rings is 1. The molecule has 0 spiro atoms. The van der Waals surface area contributed by atoms with Gasteiger partial charge in [-0.1, -0.05) is 19.1 Å². The van der Waals surface area contributed by atoms with Crippen LogP contribution in [0.5, 0.6) is 0 Å². The van der Waals surface area contributed by atoms with Gasteiger partial charge in [-0.25, -0.2) is 4.98 Å². The van der Waals surface area contributed by atoms with Crippen LogP contribution in [0.15, 0.2) is 29.3 Å². The lowest BCUT2D eigenvalue weighted by molar-refractivity contribution is 0.270. The Morgan fingerprint density at radius 1 is 1.41 bits per heavy atom. The van der Waals surface area contributed by atoms with Crippen molar-refractivity contribution < 1.29 is 0 Å². The first kappa shape index (κ1) is 14.9. The normalized spacial score (nSPS) is 19.8. The number of aliphatic imine (C=N–C) groups is 1. The summed E-state index contributed by atoms with van der Waals surface area (Å²) < 4.78 is 2.21. The molecule has 5 heteroatoms. The van der Waals surface area contributed by atoms with Crippen LogP contribution in [0.25, 0.3) is 11.0 Å². The SMILES string of the molecule is Cc1nc2ccccc2n1CCN=C(N)N1CCCC(C)C1. The summed E-state index contributed by atoms with van der Waals surface area (Å²) in [6.45, 7) is 7.89. The van der Waals surface area contributed by atoms with Crippen molar-refractivity contribution in [1.29, 1.82) is 0 Å². The Hall–Kier alpha value is -2.04. The van der Waals surface area contributed by atoms with Gasteiger partial charge in [-0.2, -0.15) is 0 Å². The summed E-state index contributed by atoms with van der Waals surface area (Å²) in [5.74, 6) is 2.43. The summed E-state index contributed by atoms with van der Waals surface area (Å²) in [7, 11) is 0. The summed E-state index contributed by atoms with van der Waals surface area (Å²) in [5.41, 5.74) is 8.36. The van der Waals surface area contributed by atoms with E-state index in [0.717, 1.165) is 31.0 Å². The molecule has 2 aromatic rings. The van der Waals surface area contributed by atoms with Gasteiger partial charge in [0.1, 0.15) is 5.82 Å². The van der Waals surface area contributed by atoms with Crippen molar-refractivity contribution >= 4 is 17.0 Å². The lowest BCUT2D eigenvalue weighted by atomic mass is 10.0. The topological polar surface area (TPSA) is 59.4 Å². The number of hydrogen-bond donors (Lipinski definition) is 1. The Kier molecular flexibility index (Phi) is 4.32. The van der Waals surface area contributed by atoms with Gasteiger partial charge in [0.2, 0.25) is 0 Å². The van der Waals surface area contributed by atoms with Crippen molar-refractivity contribution in [2.24, 2.45) is 16.6 Å². The van der Waals surface area contributed by atoms with E-state index in [1.165, 1.54) is 18.4 Å². The molecule has 2 N–H and O–H groups in total. The fourth-order valence-electron chi connectivity index (χ4n) is 3.24. The van der Waals surface area contributed by atoms with Crippen molar-refractivity contribution in [1.82, 2.24) is 14.5 Å². The largest absolute Gasteiger partial charge is 0.370 e. The third-order valence-corrected chi connectivity index (χ3v) is 4.42. The first-order valence-electron chi connectivity index (χ1n) is 8.12. The van der Waals surface area contributed by atoms with Crippen molar-refractivity contribution in [2.75, 3.05) is 19.6 Å². The fourth-order valence-corrected chi connectivity index (χ4v) is 3.24. The predicted molar refractivity (Wildman–Crippen MR) is 90.9 cm³/mol. The van der Waals surface area contributed by atoms with E-state index in [0.29, 0.717) is 18.4 Å². The molecule has 3 rings (SSSR count).